The van der Waals surface area contributed by atoms with Crippen LogP contribution in [0.4, 0.5) is 0 Å². The molecule has 1 aromatic heterocycles. The maximum atomic E-state index is 5.04. The van der Waals surface area contributed by atoms with Gasteiger partial charge < -0.3 is 14.6 Å². The highest BCUT2D eigenvalue weighted by Crippen LogP contribution is 2.12. The zero-order valence-corrected chi connectivity index (χ0v) is 9.33. The number of unbranched alkanes of at least 4 members (excludes halogenated alkanes) is 1. The average Bonchev–Trinajstić information content (AvgIpc) is 2.68. The van der Waals surface area contributed by atoms with Crippen LogP contribution in [0.15, 0.2) is 6.33 Å². The molecule has 0 aliphatic carbocycles. The summed E-state index contributed by atoms with van der Waals surface area (Å²) in [5.41, 5.74) is 2.65. The van der Waals surface area contributed by atoms with Crippen molar-refractivity contribution in [2.45, 2.75) is 32.4 Å². The normalized spacial score (nSPS) is 15.3. The lowest BCUT2D eigenvalue weighted by molar-refractivity contribution is 0.191. The summed E-state index contributed by atoms with van der Waals surface area (Å²) >= 11 is 0. The van der Waals surface area contributed by atoms with Gasteiger partial charge in [-0.3, -0.25) is 0 Å². The molecule has 0 bridgehead atoms. The van der Waals surface area contributed by atoms with Gasteiger partial charge in [0.2, 0.25) is 0 Å². The molecule has 1 aliphatic heterocycles. The highest BCUT2D eigenvalue weighted by atomic mass is 16.5. The summed E-state index contributed by atoms with van der Waals surface area (Å²) in [7, 11) is 1.75. The molecular formula is C11H19N3O. The minimum absolute atomic E-state index is 0.860. The van der Waals surface area contributed by atoms with Gasteiger partial charge in [0.1, 0.15) is 0 Å². The summed E-state index contributed by atoms with van der Waals surface area (Å²) in [6.45, 7) is 3.95. The number of nitrogens with zero attached hydrogens (tertiary/aromatic N) is 2. The third-order valence-corrected chi connectivity index (χ3v) is 2.86. The molecule has 0 saturated heterocycles. The lowest BCUT2D eigenvalue weighted by Gasteiger charge is -2.15. The molecule has 0 saturated carbocycles. The molecule has 0 unspecified atom stereocenters. The van der Waals surface area contributed by atoms with Gasteiger partial charge in [-0.15, -0.1) is 0 Å². The number of hydrogen-bond acceptors (Lipinski definition) is 3. The van der Waals surface area contributed by atoms with Crippen molar-refractivity contribution in [1.29, 1.82) is 0 Å². The van der Waals surface area contributed by atoms with Gasteiger partial charge in [-0.05, 0) is 12.8 Å². The summed E-state index contributed by atoms with van der Waals surface area (Å²) in [6, 6.07) is 0. The number of rotatable bonds is 5. The molecule has 0 atom stereocenters. The van der Waals surface area contributed by atoms with Crippen LogP contribution in [-0.4, -0.2) is 29.8 Å². The first-order chi connectivity index (χ1) is 7.42. The molecule has 1 aliphatic rings. The molecule has 0 fully saturated rings. The second kappa shape index (κ2) is 5.28. The zero-order chi connectivity index (χ0) is 10.5. The molecule has 15 heavy (non-hydrogen) atoms. The minimum atomic E-state index is 0.860. The molecule has 0 radical (unpaired) electrons. The molecule has 1 N–H and O–H groups in total. The first kappa shape index (κ1) is 10.6. The van der Waals surface area contributed by atoms with Crippen molar-refractivity contribution in [1.82, 2.24) is 14.9 Å². The van der Waals surface area contributed by atoms with Gasteiger partial charge in [-0.25, -0.2) is 4.98 Å². The van der Waals surface area contributed by atoms with Gasteiger partial charge in [0.25, 0.3) is 0 Å². The smallest absolute Gasteiger partial charge is 0.0952 e. The molecular weight excluding hydrogens is 190 g/mol. The SMILES string of the molecule is COCCCCn1cnc2c1CCNC2. The van der Waals surface area contributed by atoms with Gasteiger partial charge in [-0.1, -0.05) is 0 Å². The summed E-state index contributed by atoms with van der Waals surface area (Å²) < 4.78 is 7.34. The number of aryl methyl sites for hydroxylation is 1. The van der Waals surface area contributed by atoms with E-state index in [4.69, 9.17) is 4.74 Å². The Morgan fingerprint density at radius 1 is 1.53 bits per heavy atom. The van der Waals surface area contributed by atoms with E-state index in [-0.39, 0.29) is 0 Å². The van der Waals surface area contributed by atoms with Crippen molar-refractivity contribution in [2.24, 2.45) is 0 Å². The minimum Gasteiger partial charge on any atom is -0.385 e. The van der Waals surface area contributed by atoms with Crippen LogP contribution in [0.3, 0.4) is 0 Å². The van der Waals surface area contributed by atoms with E-state index in [0.717, 1.165) is 39.1 Å². The topological polar surface area (TPSA) is 39.1 Å². The molecule has 0 amide bonds. The molecule has 1 aromatic rings. The van der Waals surface area contributed by atoms with Gasteiger partial charge >= 0.3 is 0 Å². The third kappa shape index (κ3) is 2.58. The van der Waals surface area contributed by atoms with Gasteiger partial charge in [0.15, 0.2) is 0 Å². The summed E-state index contributed by atoms with van der Waals surface area (Å²) in [5, 5.41) is 3.33. The van der Waals surface area contributed by atoms with E-state index in [0.29, 0.717) is 0 Å². The Morgan fingerprint density at radius 3 is 3.33 bits per heavy atom. The number of aromatic nitrogens is 2. The fourth-order valence-corrected chi connectivity index (χ4v) is 2.02. The Labute approximate surface area is 90.6 Å². The molecule has 4 heteroatoms. The first-order valence-electron chi connectivity index (χ1n) is 5.64. The van der Waals surface area contributed by atoms with Crippen LogP contribution in [-0.2, 0) is 24.2 Å². The van der Waals surface area contributed by atoms with Crippen LogP contribution in [0, 0.1) is 0 Å². The quantitative estimate of drug-likeness (QED) is 0.734. The van der Waals surface area contributed by atoms with Crippen LogP contribution in [0.2, 0.25) is 0 Å². The highest BCUT2D eigenvalue weighted by molar-refractivity contribution is 5.16. The van der Waals surface area contributed by atoms with Crippen LogP contribution in [0.5, 0.6) is 0 Å². The second-order valence-corrected chi connectivity index (χ2v) is 3.96. The van der Waals surface area contributed by atoms with E-state index in [9.17, 15) is 0 Å². The Bertz CT molecular complexity index is 309. The zero-order valence-electron chi connectivity index (χ0n) is 9.33. The standard InChI is InChI=1S/C11H19N3O/c1-15-7-3-2-6-14-9-13-10-8-12-5-4-11(10)14/h9,12H,2-8H2,1H3. The summed E-state index contributed by atoms with van der Waals surface area (Å²) in [4.78, 5) is 4.42. The predicted octanol–water partition coefficient (Wildman–Crippen LogP) is 0.955. The van der Waals surface area contributed by atoms with E-state index in [1.165, 1.54) is 17.8 Å². The van der Waals surface area contributed by atoms with Crippen LogP contribution in [0.25, 0.3) is 0 Å². The average molecular weight is 209 g/mol. The van der Waals surface area contributed by atoms with Crippen LogP contribution < -0.4 is 5.32 Å². The van der Waals surface area contributed by atoms with E-state index in [2.05, 4.69) is 14.9 Å². The molecule has 0 spiro atoms. The summed E-state index contributed by atoms with van der Waals surface area (Å²) in [6.07, 6.45) is 5.38. The summed E-state index contributed by atoms with van der Waals surface area (Å²) in [5.74, 6) is 0. The largest absolute Gasteiger partial charge is 0.385 e. The molecule has 2 heterocycles. The Balaban J connectivity index is 1.88. The number of methoxy groups -OCH3 is 1. The molecule has 0 aromatic carbocycles. The monoisotopic (exact) mass is 209 g/mol. The van der Waals surface area contributed by atoms with Gasteiger partial charge in [0.05, 0.1) is 12.0 Å². The Kier molecular flexibility index (Phi) is 3.75. The van der Waals surface area contributed by atoms with Crippen molar-refractivity contribution < 1.29 is 4.74 Å². The number of ether oxygens (including phenoxy) is 1. The lowest BCUT2D eigenvalue weighted by atomic mass is 10.2. The van der Waals surface area contributed by atoms with Crippen molar-refractivity contribution in [3.8, 4) is 0 Å². The predicted molar refractivity (Wildman–Crippen MR) is 58.7 cm³/mol. The van der Waals surface area contributed by atoms with Crippen molar-refractivity contribution in [3.63, 3.8) is 0 Å². The number of imidazole rings is 1. The Hall–Kier alpha value is -0.870. The number of nitrogens with one attached hydrogen (secondary N) is 1. The van der Waals surface area contributed by atoms with Gasteiger partial charge in [-0.2, -0.15) is 0 Å². The van der Waals surface area contributed by atoms with Crippen molar-refractivity contribution in [3.05, 3.63) is 17.7 Å². The maximum Gasteiger partial charge on any atom is 0.0952 e. The van der Waals surface area contributed by atoms with E-state index < -0.39 is 0 Å². The van der Waals surface area contributed by atoms with E-state index in [1.807, 2.05) is 6.33 Å². The van der Waals surface area contributed by atoms with Crippen molar-refractivity contribution in [2.75, 3.05) is 20.3 Å². The van der Waals surface area contributed by atoms with Crippen molar-refractivity contribution >= 4 is 0 Å². The second-order valence-electron chi connectivity index (χ2n) is 3.96. The number of hydrogen-bond donors (Lipinski definition) is 1. The van der Waals surface area contributed by atoms with Crippen LogP contribution in [0.1, 0.15) is 24.2 Å². The fourth-order valence-electron chi connectivity index (χ4n) is 2.02. The Morgan fingerprint density at radius 2 is 2.47 bits per heavy atom. The van der Waals surface area contributed by atoms with Gasteiger partial charge in [0, 0.05) is 45.5 Å². The third-order valence-electron chi connectivity index (χ3n) is 2.86. The fraction of sp³-hybridized carbons (Fsp3) is 0.727. The lowest BCUT2D eigenvalue weighted by Crippen LogP contribution is -2.25. The maximum absolute atomic E-state index is 5.04. The van der Waals surface area contributed by atoms with E-state index in [1.54, 1.807) is 7.11 Å². The molecule has 4 nitrogen and oxygen atoms in total. The highest BCUT2D eigenvalue weighted by Gasteiger charge is 2.13. The molecule has 84 valence electrons. The van der Waals surface area contributed by atoms with Crippen LogP contribution >= 0.6 is 0 Å². The van der Waals surface area contributed by atoms with E-state index >= 15 is 0 Å². The first-order valence-corrected chi connectivity index (χ1v) is 5.64. The number of fused-ring (bicyclic) bond motifs is 1. The molecule has 2 rings (SSSR count).